The molecule has 0 aromatic rings. The fraction of sp³-hybridized carbons (Fsp3) is 0.778. The van der Waals surface area contributed by atoms with Crippen LogP contribution in [0, 0.1) is 0 Å². The van der Waals surface area contributed by atoms with E-state index >= 15 is 0 Å². The number of nitrogens with zero attached hydrogens (tertiary/aromatic N) is 2. The fourth-order valence-corrected chi connectivity index (χ4v) is 0.603. The Morgan fingerprint density at radius 1 is 1.07 bits per heavy atom. The number of carbonyl (C=O) groups excluding carboxylic acids is 2. The molecule has 0 fully saturated rings. The van der Waals surface area contributed by atoms with Gasteiger partial charge in [-0.3, -0.25) is 4.79 Å². The quantitative estimate of drug-likeness (QED) is 0.594. The standard InChI is InChI=1S/C5H12N2O.C4H8O2/c1-6(2)5(8)7(3)4;1-3-6-4(2)5/h1-4H3;3H2,1-2H3. The van der Waals surface area contributed by atoms with Crippen LogP contribution in [0.4, 0.5) is 4.79 Å². The molecule has 0 spiro atoms. The van der Waals surface area contributed by atoms with Crippen molar-refractivity contribution < 1.29 is 14.3 Å². The van der Waals surface area contributed by atoms with E-state index in [1.165, 1.54) is 16.7 Å². The van der Waals surface area contributed by atoms with Gasteiger partial charge in [0, 0.05) is 35.1 Å². The Kier molecular flexibility index (Phi) is 9.07. The smallest absolute Gasteiger partial charge is 0.318 e. The van der Waals surface area contributed by atoms with E-state index in [1.807, 2.05) is 0 Å². The van der Waals surface area contributed by atoms with Crippen molar-refractivity contribution in [2.75, 3.05) is 34.8 Å². The van der Waals surface area contributed by atoms with Gasteiger partial charge in [-0.1, -0.05) is 0 Å². The molecular weight excluding hydrogens is 184 g/mol. The van der Waals surface area contributed by atoms with Crippen LogP contribution in [-0.2, 0) is 9.53 Å². The lowest BCUT2D eigenvalue weighted by Gasteiger charge is -2.16. The van der Waals surface area contributed by atoms with Crippen molar-refractivity contribution in [2.45, 2.75) is 13.8 Å². The molecule has 0 atom stereocenters. The molecule has 0 heterocycles. The summed E-state index contributed by atoms with van der Waals surface area (Å²) in [6, 6.07) is 0.0185. The molecule has 0 aromatic carbocycles. The monoisotopic (exact) mass is 204 g/mol. The summed E-state index contributed by atoms with van der Waals surface area (Å²) in [5.41, 5.74) is 0. The predicted molar refractivity (Wildman–Crippen MR) is 55.1 cm³/mol. The normalized spacial score (nSPS) is 8.14. The second-order valence-electron chi connectivity index (χ2n) is 3.00. The van der Waals surface area contributed by atoms with Crippen LogP contribution in [0.2, 0.25) is 0 Å². The third kappa shape index (κ3) is 10.7. The molecule has 0 bridgehead atoms. The first-order valence-electron chi connectivity index (χ1n) is 4.34. The lowest BCUT2D eigenvalue weighted by molar-refractivity contribution is -0.140. The van der Waals surface area contributed by atoms with Crippen molar-refractivity contribution in [3.8, 4) is 0 Å². The van der Waals surface area contributed by atoms with E-state index in [1.54, 1.807) is 35.1 Å². The molecule has 0 aromatic heterocycles. The van der Waals surface area contributed by atoms with Gasteiger partial charge in [0.1, 0.15) is 0 Å². The van der Waals surface area contributed by atoms with Crippen LogP contribution in [0.1, 0.15) is 13.8 Å². The summed E-state index contributed by atoms with van der Waals surface area (Å²) in [6.07, 6.45) is 0. The predicted octanol–water partition coefficient (Wildman–Crippen LogP) is 0.799. The van der Waals surface area contributed by atoms with E-state index in [4.69, 9.17) is 0 Å². The summed E-state index contributed by atoms with van der Waals surface area (Å²) in [5.74, 6) is -0.211. The van der Waals surface area contributed by atoms with Gasteiger partial charge in [0.15, 0.2) is 0 Å². The molecule has 0 aliphatic heterocycles. The maximum Gasteiger partial charge on any atom is 0.318 e. The van der Waals surface area contributed by atoms with Crippen LogP contribution >= 0.6 is 0 Å². The molecule has 5 nitrogen and oxygen atoms in total. The van der Waals surface area contributed by atoms with Gasteiger partial charge < -0.3 is 14.5 Å². The average molecular weight is 204 g/mol. The number of hydrogen-bond donors (Lipinski definition) is 0. The molecule has 0 radical (unpaired) electrons. The van der Waals surface area contributed by atoms with Crippen molar-refractivity contribution >= 4 is 12.0 Å². The Labute approximate surface area is 85.6 Å². The molecule has 0 saturated carbocycles. The second-order valence-corrected chi connectivity index (χ2v) is 3.00. The third-order valence-electron chi connectivity index (χ3n) is 1.11. The van der Waals surface area contributed by atoms with E-state index in [-0.39, 0.29) is 12.0 Å². The molecule has 0 unspecified atom stereocenters. The SMILES string of the molecule is CCOC(C)=O.CN(C)C(=O)N(C)C. The summed E-state index contributed by atoms with van der Waals surface area (Å²) in [7, 11) is 6.90. The second kappa shape index (κ2) is 8.34. The van der Waals surface area contributed by atoms with E-state index in [0.29, 0.717) is 6.61 Å². The van der Waals surface area contributed by atoms with Gasteiger partial charge in [-0.2, -0.15) is 0 Å². The highest BCUT2D eigenvalue weighted by atomic mass is 16.5. The minimum absolute atomic E-state index is 0.0185. The summed E-state index contributed by atoms with van der Waals surface area (Å²) < 4.78 is 4.40. The molecule has 14 heavy (non-hydrogen) atoms. The number of ether oxygens (including phenoxy) is 1. The van der Waals surface area contributed by atoms with Crippen molar-refractivity contribution in [2.24, 2.45) is 0 Å². The highest BCUT2D eigenvalue weighted by Crippen LogP contribution is 1.83. The minimum Gasteiger partial charge on any atom is -0.466 e. The van der Waals surface area contributed by atoms with Crippen molar-refractivity contribution in [3.05, 3.63) is 0 Å². The van der Waals surface area contributed by atoms with Gasteiger partial charge in [0.2, 0.25) is 0 Å². The van der Waals surface area contributed by atoms with Gasteiger partial charge in [-0.15, -0.1) is 0 Å². The number of esters is 1. The van der Waals surface area contributed by atoms with Gasteiger partial charge in [0.05, 0.1) is 6.61 Å². The van der Waals surface area contributed by atoms with E-state index in [0.717, 1.165) is 0 Å². The number of amides is 2. The highest BCUT2D eigenvalue weighted by Gasteiger charge is 2.02. The van der Waals surface area contributed by atoms with E-state index in [2.05, 4.69) is 4.74 Å². The Morgan fingerprint density at radius 3 is 1.43 bits per heavy atom. The first-order chi connectivity index (χ1) is 6.32. The molecule has 0 aliphatic rings. The highest BCUT2D eigenvalue weighted by molar-refractivity contribution is 5.73. The summed E-state index contributed by atoms with van der Waals surface area (Å²) in [5, 5.41) is 0. The zero-order valence-corrected chi connectivity index (χ0v) is 9.83. The fourth-order valence-electron chi connectivity index (χ4n) is 0.603. The van der Waals surface area contributed by atoms with Crippen LogP contribution in [0.3, 0.4) is 0 Å². The number of rotatable bonds is 1. The van der Waals surface area contributed by atoms with E-state index < -0.39 is 0 Å². The van der Waals surface area contributed by atoms with Crippen LogP contribution < -0.4 is 0 Å². The number of carbonyl (C=O) groups is 2. The topological polar surface area (TPSA) is 49.9 Å². The first kappa shape index (κ1) is 15.2. The Balaban J connectivity index is 0. The lowest BCUT2D eigenvalue weighted by atomic mass is 10.7. The molecule has 0 rings (SSSR count). The largest absolute Gasteiger partial charge is 0.466 e. The van der Waals surface area contributed by atoms with Crippen LogP contribution in [0.5, 0.6) is 0 Å². The lowest BCUT2D eigenvalue weighted by Crippen LogP contribution is -2.33. The zero-order valence-electron chi connectivity index (χ0n) is 9.83. The molecule has 0 N–H and O–H groups in total. The van der Waals surface area contributed by atoms with Gasteiger partial charge in [-0.05, 0) is 6.92 Å². The van der Waals surface area contributed by atoms with Crippen LogP contribution in [0.15, 0.2) is 0 Å². The Hall–Kier alpha value is -1.26. The maximum atomic E-state index is 10.7. The number of urea groups is 1. The summed E-state index contributed by atoms with van der Waals surface area (Å²) in [6.45, 7) is 3.65. The van der Waals surface area contributed by atoms with Crippen LogP contribution in [-0.4, -0.2) is 56.6 Å². The first-order valence-corrected chi connectivity index (χ1v) is 4.34. The molecule has 5 heteroatoms. The van der Waals surface area contributed by atoms with Crippen molar-refractivity contribution in [1.82, 2.24) is 9.80 Å². The molecular formula is C9H20N2O3. The molecule has 0 aliphatic carbocycles. The molecule has 0 saturated heterocycles. The van der Waals surface area contributed by atoms with Crippen molar-refractivity contribution in [3.63, 3.8) is 0 Å². The van der Waals surface area contributed by atoms with Gasteiger partial charge >= 0.3 is 12.0 Å². The average Bonchev–Trinajstić information content (AvgIpc) is 2.03. The van der Waals surface area contributed by atoms with Gasteiger partial charge in [0.25, 0.3) is 0 Å². The Morgan fingerprint density at radius 2 is 1.43 bits per heavy atom. The summed E-state index contributed by atoms with van der Waals surface area (Å²) >= 11 is 0. The summed E-state index contributed by atoms with van der Waals surface area (Å²) in [4.78, 5) is 23.6. The molecule has 2 amide bonds. The third-order valence-corrected chi connectivity index (χ3v) is 1.11. The van der Waals surface area contributed by atoms with E-state index in [9.17, 15) is 9.59 Å². The van der Waals surface area contributed by atoms with Crippen LogP contribution in [0.25, 0.3) is 0 Å². The Bertz CT molecular complexity index is 169. The maximum absolute atomic E-state index is 10.7. The molecule has 84 valence electrons. The van der Waals surface area contributed by atoms with Crippen molar-refractivity contribution in [1.29, 1.82) is 0 Å². The number of hydrogen-bond acceptors (Lipinski definition) is 3. The van der Waals surface area contributed by atoms with Gasteiger partial charge in [-0.25, -0.2) is 4.79 Å². The minimum atomic E-state index is -0.211. The zero-order chi connectivity index (χ0) is 11.7.